The molecule has 0 bridgehead atoms. The summed E-state index contributed by atoms with van der Waals surface area (Å²) in [5.74, 6) is -0.0996. The molecule has 1 amide bonds. The van der Waals surface area contributed by atoms with Crippen LogP contribution in [-0.2, 0) is 11.2 Å². The maximum absolute atomic E-state index is 12.5. The molecule has 0 spiro atoms. The van der Waals surface area contributed by atoms with E-state index in [1.54, 1.807) is 0 Å². The zero-order chi connectivity index (χ0) is 17.6. The van der Waals surface area contributed by atoms with E-state index in [4.69, 9.17) is 5.26 Å². The maximum Gasteiger partial charge on any atom is 0.246 e. The number of rotatable bonds is 5. The van der Waals surface area contributed by atoms with Gasteiger partial charge in [-0.25, -0.2) is 0 Å². The van der Waals surface area contributed by atoms with Crippen LogP contribution in [0.4, 0.5) is 11.4 Å². The average Bonchev–Trinajstić information content (AvgIpc) is 2.64. The Bertz CT molecular complexity index is 921. The summed E-state index contributed by atoms with van der Waals surface area (Å²) >= 11 is 0. The quantitative estimate of drug-likeness (QED) is 0.731. The predicted molar refractivity (Wildman–Crippen MR) is 101 cm³/mol. The number of carbonyl (C=O) groups excluding carboxylic acids is 1. The van der Waals surface area contributed by atoms with Crippen molar-refractivity contribution in [3.05, 3.63) is 72.3 Å². The van der Waals surface area contributed by atoms with Crippen LogP contribution in [0.25, 0.3) is 10.8 Å². The number of carbonyl (C=O) groups is 1. The van der Waals surface area contributed by atoms with E-state index in [-0.39, 0.29) is 11.9 Å². The number of nitrogens with zero attached hydrogens (tertiary/aromatic N) is 1. The van der Waals surface area contributed by atoms with Gasteiger partial charge in [0.25, 0.3) is 0 Å². The van der Waals surface area contributed by atoms with Gasteiger partial charge in [0.2, 0.25) is 5.91 Å². The zero-order valence-electron chi connectivity index (χ0n) is 14.0. The van der Waals surface area contributed by atoms with Crippen molar-refractivity contribution in [1.29, 1.82) is 5.26 Å². The Morgan fingerprint density at radius 2 is 1.76 bits per heavy atom. The Balaban J connectivity index is 1.69. The molecule has 3 aromatic rings. The van der Waals surface area contributed by atoms with Crippen molar-refractivity contribution in [2.45, 2.75) is 19.4 Å². The monoisotopic (exact) mass is 329 g/mol. The lowest BCUT2D eigenvalue weighted by Gasteiger charge is -2.16. The van der Waals surface area contributed by atoms with Crippen molar-refractivity contribution in [2.24, 2.45) is 0 Å². The molecule has 4 nitrogen and oxygen atoms in total. The van der Waals surface area contributed by atoms with Gasteiger partial charge in [-0.05, 0) is 36.1 Å². The molecule has 2 N–H and O–H groups in total. The molecule has 0 fully saturated rings. The van der Waals surface area contributed by atoms with Crippen molar-refractivity contribution in [3.63, 3.8) is 0 Å². The van der Waals surface area contributed by atoms with E-state index < -0.39 is 0 Å². The summed E-state index contributed by atoms with van der Waals surface area (Å²) in [4.78, 5) is 12.5. The molecule has 0 aliphatic rings. The highest BCUT2D eigenvalue weighted by Gasteiger charge is 2.14. The lowest BCUT2D eigenvalue weighted by atomic mass is 10.1. The first-order chi connectivity index (χ1) is 12.2. The molecular weight excluding hydrogens is 310 g/mol. The first-order valence-electron chi connectivity index (χ1n) is 8.18. The first-order valence-corrected chi connectivity index (χ1v) is 8.18. The van der Waals surface area contributed by atoms with Gasteiger partial charge >= 0.3 is 0 Å². The predicted octanol–water partition coefficient (Wildman–Crippen LogP) is 4.34. The smallest absolute Gasteiger partial charge is 0.246 e. The molecule has 1 unspecified atom stereocenters. The lowest BCUT2D eigenvalue weighted by molar-refractivity contribution is -0.116. The first kappa shape index (κ1) is 16.5. The van der Waals surface area contributed by atoms with Crippen molar-refractivity contribution >= 4 is 28.1 Å². The van der Waals surface area contributed by atoms with Crippen LogP contribution in [0.1, 0.15) is 12.5 Å². The van der Waals surface area contributed by atoms with E-state index in [0.29, 0.717) is 6.42 Å². The van der Waals surface area contributed by atoms with E-state index in [2.05, 4.69) is 16.7 Å². The number of nitriles is 1. The number of hydrogen-bond donors (Lipinski definition) is 2. The summed E-state index contributed by atoms with van der Waals surface area (Å²) in [5, 5.41) is 17.0. The van der Waals surface area contributed by atoms with Gasteiger partial charge in [-0.15, -0.1) is 0 Å². The average molecular weight is 329 g/mol. The summed E-state index contributed by atoms with van der Waals surface area (Å²) in [6.07, 6.45) is 0.386. The van der Waals surface area contributed by atoms with Gasteiger partial charge in [0.15, 0.2) is 0 Å². The highest BCUT2D eigenvalue weighted by molar-refractivity contribution is 6.04. The Hall–Kier alpha value is -3.32. The fraction of sp³-hybridized carbons (Fsp3) is 0.143. The van der Waals surface area contributed by atoms with Gasteiger partial charge in [-0.3, -0.25) is 4.79 Å². The van der Waals surface area contributed by atoms with Crippen molar-refractivity contribution < 1.29 is 4.79 Å². The Labute approximate surface area is 147 Å². The van der Waals surface area contributed by atoms with Gasteiger partial charge < -0.3 is 10.6 Å². The van der Waals surface area contributed by atoms with E-state index in [0.717, 1.165) is 27.7 Å². The van der Waals surface area contributed by atoms with Crippen molar-refractivity contribution in [1.82, 2.24) is 0 Å². The number of hydrogen-bond acceptors (Lipinski definition) is 3. The summed E-state index contributed by atoms with van der Waals surface area (Å²) < 4.78 is 0. The minimum atomic E-state index is -0.388. The summed E-state index contributed by atoms with van der Waals surface area (Å²) in [5.41, 5.74) is 2.62. The van der Waals surface area contributed by atoms with Crippen LogP contribution in [0.15, 0.2) is 66.7 Å². The fourth-order valence-electron chi connectivity index (χ4n) is 2.70. The molecule has 124 valence electrons. The Kier molecular flexibility index (Phi) is 4.96. The third-order valence-corrected chi connectivity index (χ3v) is 4.06. The summed E-state index contributed by atoms with van der Waals surface area (Å²) in [7, 11) is 0. The fourth-order valence-corrected chi connectivity index (χ4v) is 2.70. The number of benzene rings is 3. The Morgan fingerprint density at radius 3 is 2.52 bits per heavy atom. The standard InChI is InChI=1S/C21H19N3O/c1-15(23-18-11-9-16(10-12-18)13-14-22)21(25)24-20-8-4-6-17-5-2-3-7-19(17)20/h2-12,15,23H,13H2,1H3,(H,24,25). The molecule has 4 heteroatoms. The molecule has 3 aromatic carbocycles. The normalized spacial score (nSPS) is 11.5. The molecule has 0 saturated heterocycles. The molecular formula is C21H19N3O. The molecule has 0 radical (unpaired) electrons. The maximum atomic E-state index is 12.5. The molecule has 0 heterocycles. The highest BCUT2D eigenvalue weighted by Crippen LogP contribution is 2.23. The van der Waals surface area contributed by atoms with Crippen LogP contribution in [-0.4, -0.2) is 11.9 Å². The number of anilines is 2. The molecule has 0 aliphatic carbocycles. The highest BCUT2D eigenvalue weighted by atomic mass is 16.2. The van der Waals surface area contributed by atoms with Crippen molar-refractivity contribution in [3.8, 4) is 6.07 Å². The van der Waals surface area contributed by atoms with Crippen molar-refractivity contribution in [2.75, 3.05) is 10.6 Å². The van der Waals surface area contributed by atoms with Gasteiger partial charge in [0.05, 0.1) is 12.5 Å². The summed E-state index contributed by atoms with van der Waals surface area (Å²) in [6, 6.07) is 23.1. The number of amides is 1. The van der Waals surface area contributed by atoms with E-state index >= 15 is 0 Å². The minimum Gasteiger partial charge on any atom is -0.374 e. The van der Waals surface area contributed by atoms with Gasteiger partial charge in [0, 0.05) is 16.8 Å². The molecule has 1 atom stereocenters. The van der Waals surface area contributed by atoms with Crippen LogP contribution in [0.2, 0.25) is 0 Å². The van der Waals surface area contributed by atoms with Crippen LogP contribution < -0.4 is 10.6 Å². The second kappa shape index (κ2) is 7.50. The third-order valence-electron chi connectivity index (χ3n) is 4.06. The largest absolute Gasteiger partial charge is 0.374 e. The van der Waals surface area contributed by atoms with E-state index in [1.165, 1.54) is 0 Å². The van der Waals surface area contributed by atoms with E-state index in [1.807, 2.05) is 73.7 Å². The molecule has 0 aromatic heterocycles. The second-order valence-corrected chi connectivity index (χ2v) is 5.91. The van der Waals surface area contributed by atoms with Crippen LogP contribution in [0.5, 0.6) is 0 Å². The van der Waals surface area contributed by atoms with Gasteiger partial charge in [-0.2, -0.15) is 5.26 Å². The number of nitrogens with one attached hydrogen (secondary N) is 2. The summed E-state index contributed by atoms with van der Waals surface area (Å²) in [6.45, 7) is 1.82. The zero-order valence-corrected chi connectivity index (χ0v) is 14.0. The second-order valence-electron chi connectivity index (χ2n) is 5.91. The van der Waals surface area contributed by atoms with Gasteiger partial charge in [0.1, 0.15) is 6.04 Å². The van der Waals surface area contributed by atoms with Gasteiger partial charge in [-0.1, -0.05) is 48.5 Å². The van der Waals surface area contributed by atoms with E-state index in [9.17, 15) is 4.79 Å². The number of fused-ring (bicyclic) bond motifs is 1. The topological polar surface area (TPSA) is 64.9 Å². The Morgan fingerprint density at radius 1 is 1.04 bits per heavy atom. The third kappa shape index (κ3) is 3.96. The molecule has 3 rings (SSSR count). The molecule has 25 heavy (non-hydrogen) atoms. The van der Waals surface area contributed by atoms with Crippen LogP contribution in [0, 0.1) is 11.3 Å². The minimum absolute atomic E-state index is 0.0996. The van der Waals surface area contributed by atoms with Crippen LogP contribution in [0.3, 0.4) is 0 Å². The SMILES string of the molecule is CC(Nc1ccc(CC#N)cc1)C(=O)Nc1cccc2ccccc12. The molecule has 0 saturated carbocycles. The lowest BCUT2D eigenvalue weighted by Crippen LogP contribution is -2.31. The molecule has 0 aliphatic heterocycles. The van der Waals surface area contributed by atoms with Crippen LogP contribution >= 0.6 is 0 Å².